The van der Waals surface area contributed by atoms with Crippen LogP contribution in [0.1, 0.15) is 5.56 Å². The first kappa shape index (κ1) is 15.2. The topological polar surface area (TPSA) is 46.5 Å². The Bertz CT molecular complexity index is 714. The third kappa shape index (κ3) is 4.13. The first-order chi connectivity index (χ1) is 9.95. The molecular formula is C15H9BrF2O3. The Balaban J connectivity index is 2.37. The molecule has 0 bridgehead atoms. The van der Waals surface area contributed by atoms with Crippen molar-refractivity contribution < 1.29 is 23.4 Å². The van der Waals surface area contributed by atoms with Crippen LogP contribution in [0.25, 0.3) is 6.08 Å². The molecule has 0 aliphatic rings. The Morgan fingerprint density at radius 2 is 1.86 bits per heavy atom. The molecule has 0 saturated heterocycles. The monoisotopic (exact) mass is 354 g/mol. The van der Waals surface area contributed by atoms with E-state index in [-0.39, 0.29) is 11.5 Å². The number of carboxylic acids is 1. The number of carbonyl (C=O) groups is 1. The summed E-state index contributed by atoms with van der Waals surface area (Å²) in [5, 5.41) is 8.66. The van der Waals surface area contributed by atoms with Crippen LogP contribution in [-0.4, -0.2) is 11.1 Å². The van der Waals surface area contributed by atoms with Gasteiger partial charge in [0.2, 0.25) is 0 Å². The first-order valence-corrected chi connectivity index (χ1v) is 6.58. The van der Waals surface area contributed by atoms with Gasteiger partial charge in [0.05, 0.1) is 0 Å². The molecule has 0 aromatic heterocycles. The number of benzene rings is 2. The second kappa shape index (κ2) is 6.49. The molecular weight excluding hydrogens is 346 g/mol. The molecule has 108 valence electrons. The van der Waals surface area contributed by atoms with E-state index in [1.807, 2.05) is 0 Å². The van der Waals surface area contributed by atoms with Crippen LogP contribution < -0.4 is 4.74 Å². The van der Waals surface area contributed by atoms with Gasteiger partial charge >= 0.3 is 5.97 Å². The Hall–Kier alpha value is -2.21. The lowest BCUT2D eigenvalue weighted by molar-refractivity contribution is -0.131. The van der Waals surface area contributed by atoms with Crippen molar-refractivity contribution in [3.05, 3.63) is 64.1 Å². The highest BCUT2D eigenvalue weighted by molar-refractivity contribution is 9.10. The van der Waals surface area contributed by atoms with Crippen LogP contribution in [0.2, 0.25) is 0 Å². The summed E-state index contributed by atoms with van der Waals surface area (Å²) < 4.78 is 32.5. The van der Waals surface area contributed by atoms with Crippen LogP contribution in [0.5, 0.6) is 11.5 Å². The Morgan fingerprint density at radius 3 is 2.52 bits per heavy atom. The van der Waals surface area contributed by atoms with Crippen LogP contribution in [-0.2, 0) is 4.79 Å². The zero-order chi connectivity index (χ0) is 15.4. The van der Waals surface area contributed by atoms with Gasteiger partial charge in [0, 0.05) is 22.2 Å². The van der Waals surface area contributed by atoms with Gasteiger partial charge in [0.25, 0.3) is 0 Å². The molecule has 1 N–H and O–H groups in total. The van der Waals surface area contributed by atoms with Crippen molar-refractivity contribution in [2.45, 2.75) is 0 Å². The van der Waals surface area contributed by atoms with Crippen molar-refractivity contribution >= 4 is 28.0 Å². The van der Waals surface area contributed by atoms with Gasteiger partial charge in [-0.05, 0) is 36.4 Å². The second-order valence-corrected chi connectivity index (χ2v) is 4.95. The Labute approximate surface area is 127 Å². The van der Waals surface area contributed by atoms with Crippen molar-refractivity contribution in [3.8, 4) is 11.5 Å². The van der Waals surface area contributed by atoms with E-state index in [0.717, 1.165) is 18.2 Å². The number of rotatable bonds is 4. The van der Waals surface area contributed by atoms with Crippen LogP contribution in [0.15, 0.2) is 46.9 Å². The molecule has 6 heteroatoms. The van der Waals surface area contributed by atoms with E-state index in [0.29, 0.717) is 16.1 Å². The van der Waals surface area contributed by atoms with E-state index < -0.39 is 17.6 Å². The van der Waals surface area contributed by atoms with Gasteiger partial charge in [-0.2, -0.15) is 0 Å². The van der Waals surface area contributed by atoms with Crippen molar-refractivity contribution in [3.63, 3.8) is 0 Å². The van der Waals surface area contributed by atoms with E-state index in [2.05, 4.69) is 15.9 Å². The molecule has 0 aliphatic carbocycles. The molecule has 0 radical (unpaired) electrons. The molecule has 3 nitrogen and oxygen atoms in total. The standard InChI is InChI=1S/C15H9BrF2O3/c16-10-2-4-13(9(7-10)1-6-15(19)20)21-14-5-3-11(17)8-12(14)18/h1-8H,(H,19,20)/b6-1+. The predicted octanol–water partition coefficient (Wildman–Crippen LogP) is 4.62. The Kier molecular flexibility index (Phi) is 4.70. The molecule has 2 aromatic carbocycles. The molecule has 21 heavy (non-hydrogen) atoms. The summed E-state index contributed by atoms with van der Waals surface area (Å²) in [5.41, 5.74) is 0.440. The van der Waals surface area contributed by atoms with E-state index in [1.54, 1.807) is 18.2 Å². The molecule has 2 rings (SSSR count). The summed E-state index contributed by atoms with van der Waals surface area (Å²) in [4.78, 5) is 10.6. The maximum Gasteiger partial charge on any atom is 0.328 e. The first-order valence-electron chi connectivity index (χ1n) is 5.79. The number of hydrogen-bond donors (Lipinski definition) is 1. The highest BCUT2D eigenvalue weighted by atomic mass is 79.9. The lowest BCUT2D eigenvalue weighted by Crippen LogP contribution is -1.92. The highest BCUT2D eigenvalue weighted by Crippen LogP contribution is 2.30. The largest absolute Gasteiger partial charge is 0.478 e. The number of halogens is 3. The summed E-state index contributed by atoms with van der Waals surface area (Å²) >= 11 is 3.25. The van der Waals surface area contributed by atoms with Crippen molar-refractivity contribution in [1.29, 1.82) is 0 Å². The minimum atomic E-state index is -1.12. The molecule has 0 heterocycles. The van der Waals surface area contributed by atoms with Gasteiger partial charge in [-0.1, -0.05) is 15.9 Å². The molecule has 0 amide bonds. The fourth-order valence-corrected chi connectivity index (χ4v) is 1.96. The molecule has 0 fully saturated rings. The van der Waals surface area contributed by atoms with Crippen LogP contribution in [0.3, 0.4) is 0 Å². The highest BCUT2D eigenvalue weighted by Gasteiger charge is 2.09. The van der Waals surface area contributed by atoms with E-state index >= 15 is 0 Å². The second-order valence-electron chi connectivity index (χ2n) is 4.03. The average molecular weight is 355 g/mol. The zero-order valence-corrected chi connectivity index (χ0v) is 12.1. The molecule has 0 spiro atoms. The fourth-order valence-electron chi connectivity index (χ4n) is 1.58. The van der Waals surface area contributed by atoms with Gasteiger partial charge in [-0.15, -0.1) is 0 Å². The summed E-state index contributed by atoms with van der Waals surface area (Å²) in [7, 11) is 0. The summed E-state index contributed by atoms with van der Waals surface area (Å²) in [5.74, 6) is -2.56. The van der Waals surface area contributed by atoms with Crippen LogP contribution >= 0.6 is 15.9 Å². The lowest BCUT2D eigenvalue weighted by Gasteiger charge is -2.10. The number of aliphatic carboxylic acids is 1. The summed E-state index contributed by atoms with van der Waals surface area (Å²) in [6.07, 6.45) is 2.26. The molecule has 0 aliphatic heterocycles. The minimum Gasteiger partial charge on any atom is -0.478 e. The maximum atomic E-state index is 13.6. The summed E-state index contributed by atoms with van der Waals surface area (Å²) in [6, 6.07) is 7.78. The minimum absolute atomic E-state index is 0.149. The lowest BCUT2D eigenvalue weighted by atomic mass is 10.2. The quantitative estimate of drug-likeness (QED) is 0.815. The predicted molar refractivity (Wildman–Crippen MR) is 77.2 cm³/mol. The Morgan fingerprint density at radius 1 is 1.14 bits per heavy atom. The number of ether oxygens (including phenoxy) is 1. The van der Waals surface area contributed by atoms with E-state index in [1.165, 1.54) is 6.08 Å². The number of hydrogen-bond acceptors (Lipinski definition) is 2. The van der Waals surface area contributed by atoms with Gasteiger partial charge < -0.3 is 9.84 Å². The maximum absolute atomic E-state index is 13.6. The van der Waals surface area contributed by atoms with E-state index in [9.17, 15) is 13.6 Å². The third-order valence-electron chi connectivity index (χ3n) is 2.49. The SMILES string of the molecule is O=C(O)/C=C/c1cc(Br)ccc1Oc1ccc(F)cc1F. The normalized spacial score (nSPS) is 10.8. The fraction of sp³-hybridized carbons (Fsp3) is 0. The van der Waals surface area contributed by atoms with Crippen LogP contribution in [0, 0.1) is 11.6 Å². The van der Waals surface area contributed by atoms with Crippen LogP contribution in [0.4, 0.5) is 8.78 Å². The van der Waals surface area contributed by atoms with Gasteiger partial charge in [0.1, 0.15) is 11.6 Å². The molecule has 0 saturated carbocycles. The van der Waals surface area contributed by atoms with Crippen molar-refractivity contribution in [2.24, 2.45) is 0 Å². The zero-order valence-electron chi connectivity index (χ0n) is 10.5. The smallest absolute Gasteiger partial charge is 0.328 e. The van der Waals surface area contributed by atoms with Gasteiger partial charge in [0.15, 0.2) is 11.6 Å². The van der Waals surface area contributed by atoms with Crippen molar-refractivity contribution in [1.82, 2.24) is 0 Å². The van der Waals surface area contributed by atoms with E-state index in [4.69, 9.17) is 9.84 Å². The molecule has 0 atom stereocenters. The molecule has 0 unspecified atom stereocenters. The third-order valence-corrected chi connectivity index (χ3v) is 2.98. The van der Waals surface area contributed by atoms with Crippen molar-refractivity contribution in [2.75, 3.05) is 0 Å². The average Bonchev–Trinajstić information content (AvgIpc) is 2.41. The number of carboxylic acid groups (broad SMARTS) is 1. The summed E-state index contributed by atoms with van der Waals surface area (Å²) in [6.45, 7) is 0. The van der Waals surface area contributed by atoms with Gasteiger partial charge in [-0.25, -0.2) is 13.6 Å². The van der Waals surface area contributed by atoms with Gasteiger partial charge in [-0.3, -0.25) is 0 Å². The molecule has 2 aromatic rings.